The fourth-order valence-electron chi connectivity index (χ4n) is 3.56. The van der Waals surface area contributed by atoms with Gasteiger partial charge in [-0.05, 0) is 26.3 Å². The summed E-state index contributed by atoms with van der Waals surface area (Å²) >= 11 is 0. The van der Waals surface area contributed by atoms with Gasteiger partial charge < -0.3 is 4.74 Å². The first-order valence-corrected chi connectivity index (χ1v) is 10.8. The summed E-state index contributed by atoms with van der Waals surface area (Å²) in [5, 5.41) is 11.6. The summed E-state index contributed by atoms with van der Waals surface area (Å²) in [5.41, 5.74) is 2.10. The van der Waals surface area contributed by atoms with Gasteiger partial charge in [0.1, 0.15) is 5.60 Å². The van der Waals surface area contributed by atoms with E-state index in [4.69, 9.17) is 9.73 Å². The highest BCUT2D eigenvalue weighted by Gasteiger charge is 2.37. The number of ether oxygens (including phenoxy) is 1. The number of aliphatic imine (C=N–C) groups is 1. The fourth-order valence-corrected chi connectivity index (χ4v) is 3.56. The highest BCUT2D eigenvalue weighted by Crippen LogP contribution is 2.27. The molecule has 0 amide bonds. The molecule has 2 atom stereocenters. The Hall–Kier alpha value is -3.80. The second kappa shape index (κ2) is 10.7. The molecule has 0 aliphatic rings. The van der Waals surface area contributed by atoms with E-state index in [1.165, 1.54) is 0 Å². The Morgan fingerprint density at radius 2 is 1.33 bits per heavy atom. The highest BCUT2D eigenvalue weighted by atomic mass is 16.6. The summed E-state index contributed by atoms with van der Waals surface area (Å²) in [5.74, 6) is -1.39. The zero-order valence-corrected chi connectivity index (χ0v) is 19.0. The number of hydrogen-bond acceptors (Lipinski definition) is 5. The molecule has 0 saturated heterocycles. The molecule has 0 radical (unpaired) electrons. The first kappa shape index (κ1) is 23.9. The van der Waals surface area contributed by atoms with Crippen LogP contribution in [0.4, 0.5) is 0 Å². The van der Waals surface area contributed by atoms with Crippen molar-refractivity contribution in [2.24, 2.45) is 4.99 Å². The van der Waals surface area contributed by atoms with Crippen molar-refractivity contribution < 1.29 is 14.5 Å². The van der Waals surface area contributed by atoms with Crippen LogP contribution in [0.3, 0.4) is 0 Å². The van der Waals surface area contributed by atoms with Crippen LogP contribution in [0, 0.1) is 10.1 Å². The molecule has 0 saturated carbocycles. The SMILES string of the molecule is CC(C)(C)OC(=O)[C@@H](N=C(c1ccccc1)c1ccccc1)[C@@H](C[N+](=O)[O-])c1ccccc1. The zero-order chi connectivity index (χ0) is 23.8. The van der Waals surface area contributed by atoms with E-state index in [9.17, 15) is 14.9 Å². The normalized spacial score (nSPS) is 12.9. The summed E-state index contributed by atoms with van der Waals surface area (Å²) in [4.78, 5) is 29.5. The fraction of sp³-hybridized carbons (Fsp3) is 0.259. The van der Waals surface area contributed by atoms with E-state index in [0.717, 1.165) is 11.1 Å². The van der Waals surface area contributed by atoms with Gasteiger partial charge in [0.25, 0.3) is 0 Å². The summed E-state index contributed by atoms with van der Waals surface area (Å²) in [6, 6.07) is 26.9. The van der Waals surface area contributed by atoms with Crippen molar-refractivity contribution in [2.75, 3.05) is 6.54 Å². The molecule has 0 N–H and O–H groups in total. The Bertz CT molecular complexity index is 1050. The molecule has 0 heterocycles. The molecular weight excluding hydrogens is 416 g/mol. The molecule has 0 bridgehead atoms. The Kier molecular flexibility index (Phi) is 7.72. The lowest BCUT2D eigenvalue weighted by Crippen LogP contribution is -2.37. The lowest BCUT2D eigenvalue weighted by molar-refractivity contribution is -0.483. The summed E-state index contributed by atoms with van der Waals surface area (Å²) in [6.07, 6.45) is 0. The van der Waals surface area contributed by atoms with Crippen LogP contribution >= 0.6 is 0 Å². The lowest BCUT2D eigenvalue weighted by Gasteiger charge is -2.26. The van der Waals surface area contributed by atoms with Crippen molar-refractivity contribution in [3.63, 3.8) is 0 Å². The Balaban J connectivity index is 2.20. The third-order valence-electron chi connectivity index (χ3n) is 4.97. The first-order valence-electron chi connectivity index (χ1n) is 10.8. The monoisotopic (exact) mass is 444 g/mol. The third kappa shape index (κ3) is 6.84. The minimum Gasteiger partial charge on any atom is -0.458 e. The van der Waals surface area contributed by atoms with Gasteiger partial charge in [0.15, 0.2) is 6.04 Å². The van der Waals surface area contributed by atoms with Gasteiger partial charge in [-0.1, -0.05) is 91.0 Å². The molecule has 3 aromatic carbocycles. The molecule has 3 aromatic rings. The van der Waals surface area contributed by atoms with Gasteiger partial charge in [0, 0.05) is 16.1 Å². The largest absolute Gasteiger partial charge is 0.458 e. The van der Waals surface area contributed by atoms with E-state index in [2.05, 4.69) is 0 Å². The lowest BCUT2D eigenvalue weighted by atomic mass is 9.90. The maximum absolute atomic E-state index is 13.4. The average molecular weight is 445 g/mol. The van der Waals surface area contributed by atoms with E-state index in [-0.39, 0.29) is 0 Å². The van der Waals surface area contributed by atoms with Gasteiger partial charge in [-0.2, -0.15) is 0 Å². The second-order valence-electron chi connectivity index (χ2n) is 8.72. The standard InChI is InChI=1S/C27H28N2O4/c1-27(2,3)33-26(30)25(23(19-29(31)32)20-13-7-4-8-14-20)28-24(21-15-9-5-10-16-21)22-17-11-6-12-18-22/h4-18,23,25H,19H2,1-3H3/t23-,25-/m0/s1. The molecule has 3 rings (SSSR count). The van der Waals surface area contributed by atoms with Crippen molar-refractivity contribution in [2.45, 2.75) is 38.3 Å². The predicted molar refractivity (Wildman–Crippen MR) is 129 cm³/mol. The topological polar surface area (TPSA) is 81.8 Å². The van der Waals surface area contributed by atoms with Crippen LogP contribution in [-0.4, -0.2) is 34.8 Å². The Labute approximate surface area is 194 Å². The highest BCUT2D eigenvalue weighted by molar-refractivity contribution is 6.13. The molecule has 33 heavy (non-hydrogen) atoms. The number of nitrogens with zero attached hydrogens (tertiary/aromatic N) is 2. The summed E-state index contributed by atoms with van der Waals surface area (Å²) in [6.45, 7) is 4.86. The van der Waals surface area contributed by atoms with Crippen LogP contribution in [0.5, 0.6) is 0 Å². The minimum absolute atomic E-state index is 0.407. The number of nitro groups is 1. The van der Waals surface area contributed by atoms with Crippen LogP contribution in [0.15, 0.2) is 96.0 Å². The van der Waals surface area contributed by atoms with E-state index in [1.54, 1.807) is 45.0 Å². The Morgan fingerprint density at radius 3 is 1.76 bits per heavy atom. The molecule has 0 aliphatic carbocycles. The number of carbonyl (C=O) groups is 1. The van der Waals surface area contributed by atoms with Crippen LogP contribution in [-0.2, 0) is 9.53 Å². The van der Waals surface area contributed by atoms with Crippen molar-refractivity contribution in [3.05, 3.63) is 118 Å². The maximum Gasteiger partial charge on any atom is 0.332 e. The van der Waals surface area contributed by atoms with Crippen molar-refractivity contribution in [1.29, 1.82) is 0 Å². The quantitative estimate of drug-likeness (QED) is 0.204. The number of benzene rings is 3. The van der Waals surface area contributed by atoms with E-state index >= 15 is 0 Å². The molecule has 0 fully saturated rings. The number of hydrogen-bond donors (Lipinski definition) is 0. The summed E-state index contributed by atoms with van der Waals surface area (Å²) < 4.78 is 5.69. The second-order valence-corrected chi connectivity index (χ2v) is 8.72. The van der Waals surface area contributed by atoms with Gasteiger partial charge in [0.05, 0.1) is 11.6 Å². The molecule has 0 aromatic heterocycles. The molecule has 6 heteroatoms. The van der Waals surface area contributed by atoms with E-state index in [0.29, 0.717) is 11.3 Å². The average Bonchev–Trinajstić information content (AvgIpc) is 2.79. The van der Waals surface area contributed by atoms with Crippen LogP contribution < -0.4 is 0 Å². The molecular formula is C27H28N2O4. The molecule has 6 nitrogen and oxygen atoms in total. The molecule has 0 spiro atoms. The zero-order valence-electron chi connectivity index (χ0n) is 19.0. The van der Waals surface area contributed by atoms with Crippen LogP contribution in [0.2, 0.25) is 0 Å². The molecule has 0 aliphatic heterocycles. The van der Waals surface area contributed by atoms with Gasteiger partial charge in [0.2, 0.25) is 6.54 Å². The van der Waals surface area contributed by atoms with E-state index in [1.807, 2.05) is 66.7 Å². The number of rotatable bonds is 8. The van der Waals surface area contributed by atoms with E-state index < -0.39 is 35.0 Å². The third-order valence-corrected chi connectivity index (χ3v) is 4.97. The maximum atomic E-state index is 13.4. The van der Waals surface area contributed by atoms with Crippen LogP contribution in [0.25, 0.3) is 0 Å². The summed E-state index contributed by atoms with van der Waals surface area (Å²) in [7, 11) is 0. The number of esters is 1. The van der Waals surface area contributed by atoms with Gasteiger partial charge in [-0.15, -0.1) is 0 Å². The Morgan fingerprint density at radius 1 is 0.879 bits per heavy atom. The van der Waals surface area contributed by atoms with Gasteiger partial charge in [-0.25, -0.2) is 4.79 Å². The van der Waals surface area contributed by atoms with Crippen molar-refractivity contribution in [3.8, 4) is 0 Å². The number of carbonyl (C=O) groups excluding carboxylic acids is 1. The smallest absolute Gasteiger partial charge is 0.332 e. The van der Waals surface area contributed by atoms with Crippen molar-refractivity contribution in [1.82, 2.24) is 0 Å². The first-order chi connectivity index (χ1) is 15.7. The van der Waals surface area contributed by atoms with Gasteiger partial charge in [-0.3, -0.25) is 15.1 Å². The van der Waals surface area contributed by atoms with Crippen LogP contribution in [0.1, 0.15) is 43.4 Å². The minimum atomic E-state index is -1.10. The molecule has 170 valence electrons. The van der Waals surface area contributed by atoms with Gasteiger partial charge >= 0.3 is 5.97 Å². The van der Waals surface area contributed by atoms with Crippen molar-refractivity contribution >= 4 is 11.7 Å². The predicted octanol–water partition coefficient (Wildman–Crippen LogP) is 5.29. The molecule has 0 unspecified atom stereocenters.